The Morgan fingerprint density at radius 1 is 0.865 bits per heavy atom. The molecule has 9 heteroatoms. The van der Waals surface area contributed by atoms with Crippen LogP contribution < -0.4 is 0 Å². The van der Waals surface area contributed by atoms with Crippen LogP contribution in [0.2, 0.25) is 0 Å². The van der Waals surface area contributed by atoms with E-state index in [0.717, 1.165) is 25.9 Å². The van der Waals surface area contributed by atoms with Crippen LogP contribution in [0.3, 0.4) is 0 Å². The lowest BCUT2D eigenvalue weighted by Crippen LogP contribution is -2.48. The molecule has 0 atom stereocenters. The van der Waals surface area contributed by atoms with Crippen molar-refractivity contribution < 1.29 is 18.3 Å². The highest BCUT2D eigenvalue weighted by Crippen LogP contribution is 2.39. The normalized spacial score (nSPS) is 19.6. The second kappa shape index (κ2) is 9.24. The Hall–Kier alpha value is -3.27. The molecule has 2 fully saturated rings. The summed E-state index contributed by atoms with van der Waals surface area (Å²) in [7, 11) is -3.63. The minimum atomic E-state index is -3.63. The van der Waals surface area contributed by atoms with E-state index >= 15 is 0 Å². The first kappa shape index (κ1) is 24.1. The minimum Gasteiger partial charge on any atom is -0.494 e. The molecule has 2 aromatic carbocycles. The van der Waals surface area contributed by atoms with Crippen molar-refractivity contribution in [2.75, 3.05) is 26.2 Å². The highest BCUT2D eigenvalue weighted by molar-refractivity contribution is 7.89. The van der Waals surface area contributed by atoms with E-state index in [1.54, 1.807) is 52.8 Å². The number of hydrogen-bond donors (Lipinski definition) is 3. The van der Waals surface area contributed by atoms with Crippen molar-refractivity contribution in [2.24, 2.45) is 0 Å². The first-order valence-electron chi connectivity index (χ1n) is 12.9. The third-order valence-corrected chi connectivity index (χ3v) is 9.92. The fourth-order valence-corrected chi connectivity index (χ4v) is 7.49. The summed E-state index contributed by atoms with van der Waals surface area (Å²) in [6.07, 6.45) is 5.44. The molecule has 3 heterocycles. The van der Waals surface area contributed by atoms with Crippen LogP contribution in [-0.4, -0.2) is 71.4 Å². The number of aromatic nitrogens is 1. The number of ketones is 1. The lowest BCUT2D eigenvalue weighted by atomic mass is 9.84. The number of aromatic hydroxyl groups is 1. The van der Waals surface area contributed by atoms with Gasteiger partial charge < -0.3 is 15.0 Å². The Kier molecular flexibility index (Phi) is 6.01. The molecule has 0 unspecified atom stereocenters. The van der Waals surface area contributed by atoms with Gasteiger partial charge >= 0.3 is 0 Å². The van der Waals surface area contributed by atoms with E-state index in [0.29, 0.717) is 41.5 Å². The van der Waals surface area contributed by atoms with Gasteiger partial charge in [0.1, 0.15) is 0 Å². The molecule has 1 aliphatic carbocycles. The first-order valence-corrected chi connectivity index (χ1v) is 14.3. The molecule has 6 rings (SSSR count). The van der Waals surface area contributed by atoms with E-state index in [1.807, 2.05) is 0 Å². The number of H-pyrrole nitrogens is 1. The monoisotopic (exact) mass is 518 g/mol. The summed E-state index contributed by atoms with van der Waals surface area (Å²) in [6, 6.07) is 13.7. The molecule has 1 aromatic heterocycles. The number of hydrogen-bond acceptors (Lipinski definition) is 6. The molecule has 3 aromatic rings. The second-order valence-corrected chi connectivity index (χ2v) is 12.0. The van der Waals surface area contributed by atoms with Gasteiger partial charge in [0.25, 0.3) is 0 Å². The highest BCUT2D eigenvalue weighted by atomic mass is 32.2. The van der Waals surface area contributed by atoms with Crippen LogP contribution >= 0.6 is 0 Å². The third-order valence-electron chi connectivity index (χ3n) is 8.01. The van der Waals surface area contributed by atoms with E-state index in [-0.39, 0.29) is 33.4 Å². The van der Waals surface area contributed by atoms with Crippen LogP contribution in [0.5, 0.6) is 5.88 Å². The Bertz CT molecular complexity index is 1480. The minimum absolute atomic E-state index is 0.0809. The van der Waals surface area contributed by atoms with Crippen LogP contribution in [0.4, 0.5) is 0 Å². The predicted octanol–water partition coefficient (Wildman–Crippen LogP) is 3.99. The number of carbonyl (C=O) groups excluding carboxylic acids is 1. The zero-order valence-electron chi connectivity index (χ0n) is 20.5. The maximum atomic E-state index is 13.4. The van der Waals surface area contributed by atoms with Gasteiger partial charge in [0.2, 0.25) is 10.0 Å². The average molecular weight is 519 g/mol. The van der Waals surface area contributed by atoms with Crippen LogP contribution in [0, 0.1) is 5.41 Å². The third kappa shape index (κ3) is 4.02. The number of rotatable bonds is 4. The van der Waals surface area contributed by atoms with Gasteiger partial charge in [-0.15, -0.1) is 0 Å². The van der Waals surface area contributed by atoms with Crippen molar-refractivity contribution in [3.63, 3.8) is 0 Å². The standard InChI is InChI=1S/C28H30N4O4S/c29-25-21-6-2-3-7-22(21)27(33)24-23(25)28(34)30-26(24)18-8-10-20(11-9-18)37(35,36)32-16-12-19(13-17-32)31-14-4-1-5-15-31/h2-3,6-11,19,29-30,34H,1,4-5,12-17H2. The maximum absolute atomic E-state index is 13.4. The van der Waals surface area contributed by atoms with Crippen molar-refractivity contribution in [3.05, 3.63) is 70.8 Å². The molecule has 37 heavy (non-hydrogen) atoms. The number of benzene rings is 2. The number of nitrogens with zero attached hydrogens (tertiary/aromatic N) is 2. The number of sulfonamides is 1. The van der Waals surface area contributed by atoms with E-state index < -0.39 is 10.0 Å². The Balaban J connectivity index is 1.24. The zero-order chi connectivity index (χ0) is 25.7. The van der Waals surface area contributed by atoms with Crippen LogP contribution in [0.1, 0.15) is 59.2 Å². The Morgan fingerprint density at radius 2 is 1.51 bits per heavy atom. The molecule has 0 radical (unpaired) electrons. The van der Waals surface area contributed by atoms with Crippen molar-refractivity contribution in [2.45, 2.75) is 43.0 Å². The molecule has 0 saturated carbocycles. The van der Waals surface area contributed by atoms with Crippen LogP contribution in [-0.2, 0) is 10.0 Å². The largest absolute Gasteiger partial charge is 0.494 e. The Morgan fingerprint density at radius 3 is 2.19 bits per heavy atom. The molecule has 3 N–H and O–H groups in total. The number of likely N-dealkylation sites (tertiary alicyclic amines) is 1. The van der Waals surface area contributed by atoms with Crippen LogP contribution in [0.25, 0.3) is 11.3 Å². The van der Waals surface area contributed by atoms with Gasteiger partial charge in [-0.25, -0.2) is 8.42 Å². The number of aromatic amines is 1. The Labute approximate surface area is 216 Å². The van der Waals surface area contributed by atoms with Gasteiger partial charge in [-0.3, -0.25) is 10.2 Å². The molecule has 2 aliphatic heterocycles. The number of nitrogens with one attached hydrogen (secondary N) is 2. The number of fused-ring (bicyclic) bond motifs is 2. The van der Waals surface area contributed by atoms with E-state index in [4.69, 9.17) is 5.41 Å². The van der Waals surface area contributed by atoms with Crippen molar-refractivity contribution in [1.29, 1.82) is 5.41 Å². The molecule has 0 bridgehead atoms. The predicted molar refractivity (Wildman–Crippen MR) is 141 cm³/mol. The van der Waals surface area contributed by atoms with E-state index in [9.17, 15) is 18.3 Å². The smallest absolute Gasteiger partial charge is 0.243 e. The van der Waals surface area contributed by atoms with Gasteiger partial charge in [0, 0.05) is 30.3 Å². The molecular formula is C28H30N4O4S. The molecule has 2 saturated heterocycles. The van der Waals surface area contributed by atoms with E-state index in [2.05, 4.69) is 9.88 Å². The quantitative estimate of drug-likeness (QED) is 0.378. The lowest BCUT2D eigenvalue weighted by molar-refractivity contribution is 0.103. The molecule has 0 amide bonds. The van der Waals surface area contributed by atoms with Crippen molar-refractivity contribution in [1.82, 2.24) is 14.2 Å². The van der Waals surface area contributed by atoms with Gasteiger partial charge in [-0.1, -0.05) is 42.8 Å². The summed E-state index contributed by atoms with van der Waals surface area (Å²) in [5, 5.41) is 19.1. The van der Waals surface area contributed by atoms with Gasteiger partial charge in [-0.2, -0.15) is 4.31 Å². The lowest BCUT2D eigenvalue weighted by Gasteiger charge is -2.39. The summed E-state index contributed by atoms with van der Waals surface area (Å²) < 4.78 is 28.3. The summed E-state index contributed by atoms with van der Waals surface area (Å²) >= 11 is 0. The van der Waals surface area contributed by atoms with Gasteiger partial charge in [-0.05, 0) is 56.5 Å². The van der Waals surface area contributed by atoms with E-state index in [1.165, 1.54) is 19.3 Å². The molecule has 0 spiro atoms. The number of carbonyl (C=O) groups is 1. The van der Waals surface area contributed by atoms with Crippen molar-refractivity contribution >= 4 is 21.5 Å². The molecule has 8 nitrogen and oxygen atoms in total. The summed E-state index contributed by atoms with van der Waals surface area (Å²) in [4.78, 5) is 18.9. The average Bonchev–Trinajstić information content (AvgIpc) is 3.30. The summed E-state index contributed by atoms with van der Waals surface area (Å²) in [6.45, 7) is 3.26. The highest BCUT2D eigenvalue weighted by Gasteiger charge is 2.35. The SMILES string of the molecule is N=C1c2ccccc2C(=O)c2c(-c3ccc(S(=O)(=O)N4CCC(N5CCCCC5)CC4)cc3)[nH]c(O)c21. The molecule has 3 aliphatic rings. The van der Waals surface area contributed by atoms with Crippen LogP contribution in [0.15, 0.2) is 53.4 Å². The number of piperidine rings is 2. The van der Waals surface area contributed by atoms with Gasteiger partial charge in [0.05, 0.1) is 27.4 Å². The maximum Gasteiger partial charge on any atom is 0.243 e. The molecule has 192 valence electrons. The van der Waals surface area contributed by atoms with Crippen molar-refractivity contribution in [3.8, 4) is 17.1 Å². The zero-order valence-corrected chi connectivity index (χ0v) is 21.4. The molecular weight excluding hydrogens is 488 g/mol. The second-order valence-electron chi connectivity index (χ2n) is 10.1. The van der Waals surface area contributed by atoms with Gasteiger partial charge in [0.15, 0.2) is 11.7 Å². The first-order chi connectivity index (χ1) is 17.9. The fraction of sp³-hybridized carbons (Fsp3) is 0.357. The topological polar surface area (TPSA) is 118 Å². The summed E-state index contributed by atoms with van der Waals surface area (Å²) in [5.74, 6) is -0.521. The summed E-state index contributed by atoms with van der Waals surface area (Å²) in [5.41, 5.74) is 2.32. The fourth-order valence-electron chi connectivity index (χ4n) is 6.02.